The summed E-state index contributed by atoms with van der Waals surface area (Å²) in [6, 6.07) is 12.9. The van der Waals surface area contributed by atoms with Gasteiger partial charge in [0, 0.05) is 37.1 Å². The first-order valence-electron chi connectivity index (χ1n) is 10.1. The van der Waals surface area contributed by atoms with E-state index < -0.39 is 0 Å². The van der Waals surface area contributed by atoms with Gasteiger partial charge >= 0.3 is 0 Å². The van der Waals surface area contributed by atoms with Crippen LogP contribution in [0.1, 0.15) is 53.5 Å². The van der Waals surface area contributed by atoms with Crippen LogP contribution in [0.3, 0.4) is 0 Å². The Bertz CT molecular complexity index is 983. The van der Waals surface area contributed by atoms with Crippen LogP contribution in [0.5, 0.6) is 0 Å². The number of nitrogens with one attached hydrogen (secondary N) is 1. The standard InChI is InChI=1S/C23H28N4O2/c1-4-5-6-14-27-15-13-21(25-27)24-22(28)16-19-11-12-20(26(19)3)23(29)18-9-7-17(2)8-10-18/h7-13,15H,4-6,14,16H2,1-3H3,(H,24,25,28). The molecule has 3 aromatic rings. The molecule has 6 heteroatoms. The number of unbranched alkanes of at least 4 members (excludes halogenated alkanes) is 2. The molecule has 0 spiro atoms. The van der Waals surface area contributed by atoms with Gasteiger partial charge in [-0.25, -0.2) is 0 Å². The monoisotopic (exact) mass is 392 g/mol. The summed E-state index contributed by atoms with van der Waals surface area (Å²) in [5.74, 6) is 0.348. The zero-order valence-electron chi connectivity index (χ0n) is 17.3. The molecule has 0 saturated heterocycles. The van der Waals surface area contributed by atoms with E-state index in [0.29, 0.717) is 17.1 Å². The summed E-state index contributed by atoms with van der Waals surface area (Å²) in [7, 11) is 1.81. The van der Waals surface area contributed by atoms with E-state index >= 15 is 0 Å². The van der Waals surface area contributed by atoms with Crippen molar-refractivity contribution in [2.45, 2.75) is 46.1 Å². The number of carbonyl (C=O) groups is 2. The summed E-state index contributed by atoms with van der Waals surface area (Å²) < 4.78 is 3.64. The van der Waals surface area contributed by atoms with Crippen molar-refractivity contribution in [3.8, 4) is 0 Å². The van der Waals surface area contributed by atoms with Crippen LogP contribution < -0.4 is 5.32 Å². The van der Waals surface area contributed by atoms with Crippen molar-refractivity contribution in [2.24, 2.45) is 7.05 Å². The van der Waals surface area contributed by atoms with Gasteiger partial charge in [-0.1, -0.05) is 49.6 Å². The number of rotatable bonds is 9. The Labute approximate surface area is 171 Å². The predicted octanol–water partition coefficient (Wildman–Crippen LogP) is 4.13. The zero-order chi connectivity index (χ0) is 20.8. The summed E-state index contributed by atoms with van der Waals surface area (Å²) in [6.45, 7) is 5.01. The molecule has 0 atom stereocenters. The minimum absolute atomic E-state index is 0.0509. The van der Waals surface area contributed by atoms with E-state index in [9.17, 15) is 9.59 Å². The fraction of sp³-hybridized carbons (Fsp3) is 0.348. The number of aromatic nitrogens is 3. The molecule has 2 heterocycles. The second kappa shape index (κ2) is 9.37. The third-order valence-corrected chi connectivity index (χ3v) is 5.01. The Morgan fingerprint density at radius 3 is 2.52 bits per heavy atom. The van der Waals surface area contributed by atoms with Crippen LogP contribution in [0.15, 0.2) is 48.7 Å². The highest BCUT2D eigenvalue weighted by Crippen LogP contribution is 2.15. The van der Waals surface area contributed by atoms with E-state index in [1.54, 1.807) is 16.7 Å². The normalized spacial score (nSPS) is 10.9. The van der Waals surface area contributed by atoms with Crippen LogP contribution in [0.4, 0.5) is 5.82 Å². The van der Waals surface area contributed by atoms with Crippen LogP contribution in [0, 0.1) is 6.92 Å². The largest absolute Gasteiger partial charge is 0.344 e. The lowest BCUT2D eigenvalue weighted by atomic mass is 10.1. The third-order valence-electron chi connectivity index (χ3n) is 5.01. The van der Waals surface area contributed by atoms with Crippen molar-refractivity contribution < 1.29 is 9.59 Å². The Balaban J connectivity index is 1.61. The van der Waals surface area contributed by atoms with Crippen molar-refractivity contribution in [1.29, 1.82) is 0 Å². The average Bonchev–Trinajstić information content (AvgIpc) is 3.29. The number of hydrogen-bond acceptors (Lipinski definition) is 3. The lowest BCUT2D eigenvalue weighted by molar-refractivity contribution is -0.115. The number of hydrogen-bond donors (Lipinski definition) is 1. The smallest absolute Gasteiger partial charge is 0.231 e. The quantitative estimate of drug-likeness (QED) is 0.440. The maximum Gasteiger partial charge on any atom is 0.231 e. The molecule has 152 valence electrons. The molecule has 0 radical (unpaired) electrons. The molecule has 1 N–H and O–H groups in total. The van der Waals surface area contributed by atoms with Gasteiger partial charge in [0.15, 0.2) is 5.82 Å². The van der Waals surface area contributed by atoms with Crippen LogP contribution in [-0.2, 0) is 24.8 Å². The molecule has 1 amide bonds. The first-order chi connectivity index (χ1) is 14.0. The summed E-state index contributed by atoms with van der Waals surface area (Å²) >= 11 is 0. The first kappa shape index (κ1) is 20.6. The minimum atomic E-state index is -0.153. The van der Waals surface area contributed by atoms with Crippen LogP contribution in [-0.4, -0.2) is 26.0 Å². The maximum atomic E-state index is 12.7. The second-order valence-electron chi connectivity index (χ2n) is 7.36. The average molecular weight is 393 g/mol. The van der Waals surface area contributed by atoms with E-state index in [-0.39, 0.29) is 18.1 Å². The number of amides is 1. The Kier molecular flexibility index (Phi) is 6.65. The number of nitrogens with zero attached hydrogens (tertiary/aromatic N) is 3. The number of anilines is 1. The Morgan fingerprint density at radius 1 is 1.03 bits per heavy atom. The lowest BCUT2D eigenvalue weighted by Crippen LogP contribution is -2.18. The first-order valence-corrected chi connectivity index (χ1v) is 10.1. The van der Waals surface area contributed by atoms with Gasteiger partial charge in [0.05, 0.1) is 12.1 Å². The van der Waals surface area contributed by atoms with Gasteiger partial charge in [0.2, 0.25) is 11.7 Å². The molecule has 0 aliphatic carbocycles. The molecule has 0 aliphatic rings. The summed E-state index contributed by atoms with van der Waals surface area (Å²) in [4.78, 5) is 25.2. The Morgan fingerprint density at radius 2 is 1.79 bits per heavy atom. The summed E-state index contributed by atoms with van der Waals surface area (Å²) in [5, 5.41) is 7.23. The molecular weight excluding hydrogens is 364 g/mol. The van der Waals surface area contributed by atoms with E-state index in [1.807, 2.05) is 55.2 Å². The van der Waals surface area contributed by atoms with Crippen LogP contribution >= 0.6 is 0 Å². The van der Waals surface area contributed by atoms with Crippen molar-refractivity contribution in [1.82, 2.24) is 14.3 Å². The minimum Gasteiger partial charge on any atom is -0.344 e. The van der Waals surface area contributed by atoms with Gasteiger partial charge in [-0.2, -0.15) is 5.10 Å². The van der Waals surface area contributed by atoms with E-state index in [0.717, 1.165) is 30.6 Å². The van der Waals surface area contributed by atoms with E-state index in [2.05, 4.69) is 17.3 Å². The Hall–Kier alpha value is -3.15. The molecular formula is C23H28N4O2. The number of aryl methyl sites for hydroxylation is 2. The topological polar surface area (TPSA) is 68.9 Å². The van der Waals surface area contributed by atoms with Crippen molar-refractivity contribution in [3.63, 3.8) is 0 Å². The molecule has 0 saturated carbocycles. The molecule has 0 unspecified atom stereocenters. The van der Waals surface area contributed by atoms with Gasteiger partial charge in [0.1, 0.15) is 0 Å². The highest BCUT2D eigenvalue weighted by atomic mass is 16.1. The summed E-state index contributed by atoms with van der Waals surface area (Å²) in [5.41, 5.74) is 3.09. The lowest BCUT2D eigenvalue weighted by Gasteiger charge is -2.08. The van der Waals surface area contributed by atoms with Gasteiger partial charge < -0.3 is 9.88 Å². The van der Waals surface area contributed by atoms with E-state index in [4.69, 9.17) is 0 Å². The molecule has 0 aliphatic heterocycles. The highest BCUT2D eigenvalue weighted by molar-refractivity contribution is 6.08. The molecule has 29 heavy (non-hydrogen) atoms. The number of ketones is 1. The number of benzene rings is 1. The second-order valence-corrected chi connectivity index (χ2v) is 7.36. The molecule has 3 rings (SSSR count). The zero-order valence-corrected chi connectivity index (χ0v) is 17.3. The summed E-state index contributed by atoms with van der Waals surface area (Å²) in [6.07, 6.45) is 5.47. The van der Waals surface area contributed by atoms with Gasteiger partial charge in [0.25, 0.3) is 0 Å². The molecule has 1 aromatic carbocycles. The highest BCUT2D eigenvalue weighted by Gasteiger charge is 2.16. The molecule has 2 aromatic heterocycles. The van der Waals surface area contributed by atoms with Gasteiger partial charge in [-0.05, 0) is 25.5 Å². The molecule has 0 bridgehead atoms. The number of carbonyl (C=O) groups excluding carboxylic acids is 2. The molecule has 0 fully saturated rings. The van der Waals surface area contributed by atoms with Crippen LogP contribution in [0.25, 0.3) is 0 Å². The maximum absolute atomic E-state index is 12.7. The van der Waals surface area contributed by atoms with Crippen molar-refractivity contribution >= 4 is 17.5 Å². The fourth-order valence-corrected chi connectivity index (χ4v) is 3.24. The van der Waals surface area contributed by atoms with Crippen molar-refractivity contribution in [3.05, 3.63) is 71.2 Å². The molecule has 6 nitrogen and oxygen atoms in total. The van der Waals surface area contributed by atoms with E-state index in [1.165, 1.54) is 6.42 Å². The van der Waals surface area contributed by atoms with Crippen molar-refractivity contribution in [2.75, 3.05) is 5.32 Å². The van der Waals surface area contributed by atoms with Gasteiger partial charge in [-0.15, -0.1) is 0 Å². The predicted molar refractivity (Wildman–Crippen MR) is 114 cm³/mol. The third kappa shape index (κ3) is 5.22. The fourth-order valence-electron chi connectivity index (χ4n) is 3.24. The SMILES string of the molecule is CCCCCn1ccc(NC(=O)Cc2ccc(C(=O)c3ccc(C)cc3)n2C)n1. The van der Waals surface area contributed by atoms with Crippen LogP contribution in [0.2, 0.25) is 0 Å². The van der Waals surface area contributed by atoms with Gasteiger partial charge in [-0.3, -0.25) is 14.3 Å².